The topological polar surface area (TPSA) is 12.0 Å². The molecule has 0 saturated heterocycles. The molecule has 1 unspecified atom stereocenters. The standard InChI is InChI=1S/C17H22ClNS/c1-13(2)19-12-15(10-14-6-4-3-5-7-14)11-16-8-9-17(18)20-16/h3-9,13,15,19H,10-12H2,1-2H3. The first-order chi connectivity index (χ1) is 9.63. The van der Waals surface area contributed by atoms with Gasteiger partial charge in [0.1, 0.15) is 0 Å². The van der Waals surface area contributed by atoms with Gasteiger partial charge in [0.2, 0.25) is 0 Å². The molecule has 1 atom stereocenters. The molecule has 0 aliphatic rings. The maximum Gasteiger partial charge on any atom is 0.0931 e. The second-order valence-electron chi connectivity index (χ2n) is 5.53. The molecule has 0 bridgehead atoms. The molecule has 1 aromatic carbocycles. The molecule has 20 heavy (non-hydrogen) atoms. The van der Waals surface area contributed by atoms with Crippen molar-refractivity contribution in [1.82, 2.24) is 5.32 Å². The lowest BCUT2D eigenvalue weighted by Gasteiger charge is -2.19. The predicted octanol–water partition coefficient (Wildman–Crippen LogP) is 4.80. The highest BCUT2D eigenvalue weighted by atomic mass is 35.5. The summed E-state index contributed by atoms with van der Waals surface area (Å²) in [6, 6.07) is 15.4. The molecule has 0 saturated carbocycles. The zero-order valence-corrected chi connectivity index (χ0v) is 13.7. The van der Waals surface area contributed by atoms with Crippen LogP contribution in [0.1, 0.15) is 24.3 Å². The zero-order chi connectivity index (χ0) is 14.4. The lowest BCUT2D eigenvalue weighted by molar-refractivity contribution is 0.446. The summed E-state index contributed by atoms with van der Waals surface area (Å²) >= 11 is 7.73. The number of halogens is 1. The Morgan fingerprint density at radius 2 is 1.80 bits per heavy atom. The van der Waals surface area contributed by atoms with E-state index in [2.05, 4.69) is 55.6 Å². The predicted molar refractivity (Wildman–Crippen MR) is 89.8 cm³/mol. The Hall–Kier alpha value is -0.830. The van der Waals surface area contributed by atoms with Gasteiger partial charge in [0.25, 0.3) is 0 Å². The van der Waals surface area contributed by atoms with E-state index in [0.717, 1.165) is 23.7 Å². The zero-order valence-electron chi connectivity index (χ0n) is 12.1. The van der Waals surface area contributed by atoms with Crippen molar-refractivity contribution in [3.05, 3.63) is 57.2 Å². The quantitative estimate of drug-likeness (QED) is 0.774. The van der Waals surface area contributed by atoms with Crippen molar-refractivity contribution < 1.29 is 0 Å². The monoisotopic (exact) mass is 307 g/mol. The fraction of sp³-hybridized carbons (Fsp3) is 0.412. The molecule has 2 rings (SSSR count). The molecule has 1 heterocycles. The Balaban J connectivity index is 2.00. The van der Waals surface area contributed by atoms with Gasteiger partial charge in [-0.15, -0.1) is 11.3 Å². The van der Waals surface area contributed by atoms with Crippen molar-refractivity contribution in [2.45, 2.75) is 32.7 Å². The number of hydrogen-bond acceptors (Lipinski definition) is 2. The van der Waals surface area contributed by atoms with Gasteiger partial charge >= 0.3 is 0 Å². The molecule has 0 aliphatic heterocycles. The van der Waals surface area contributed by atoms with Crippen LogP contribution in [0.4, 0.5) is 0 Å². The average Bonchev–Trinajstić information content (AvgIpc) is 2.82. The van der Waals surface area contributed by atoms with Gasteiger partial charge in [-0.3, -0.25) is 0 Å². The summed E-state index contributed by atoms with van der Waals surface area (Å²) in [5.41, 5.74) is 1.41. The molecule has 0 fully saturated rings. The van der Waals surface area contributed by atoms with Crippen LogP contribution in [0.15, 0.2) is 42.5 Å². The lowest BCUT2D eigenvalue weighted by atomic mass is 9.95. The second-order valence-corrected chi connectivity index (χ2v) is 7.33. The number of hydrogen-bond donors (Lipinski definition) is 1. The fourth-order valence-corrected chi connectivity index (χ4v) is 3.51. The van der Waals surface area contributed by atoms with Crippen molar-refractivity contribution in [1.29, 1.82) is 0 Å². The Kier molecular flexibility index (Phi) is 6.08. The van der Waals surface area contributed by atoms with Gasteiger partial charge in [0, 0.05) is 10.9 Å². The van der Waals surface area contributed by atoms with Crippen molar-refractivity contribution >= 4 is 22.9 Å². The first-order valence-electron chi connectivity index (χ1n) is 7.15. The highest BCUT2D eigenvalue weighted by Crippen LogP contribution is 2.25. The Morgan fingerprint density at radius 1 is 1.05 bits per heavy atom. The minimum atomic E-state index is 0.528. The highest BCUT2D eigenvalue weighted by Gasteiger charge is 2.12. The summed E-state index contributed by atoms with van der Waals surface area (Å²) in [5.74, 6) is 0.606. The third kappa shape index (κ3) is 5.28. The van der Waals surface area contributed by atoms with Gasteiger partial charge in [-0.25, -0.2) is 0 Å². The minimum absolute atomic E-state index is 0.528. The van der Waals surface area contributed by atoms with Crippen LogP contribution in [0, 0.1) is 5.92 Å². The van der Waals surface area contributed by atoms with Crippen LogP contribution in [0.25, 0.3) is 0 Å². The molecule has 0 radical (unpaired) electrons. The summed E-state index contributed by atoms with van der Waals surface area (Å²) in [6.07, 6.45) is 2.20. The third-order valence-electron chi connectivity index (χ3n) is 3.30. The molecule has 1 aromatic heterocycles. The van der Waals surface area contributed by atoms with E-state index in [4.69, 9.17) is 11.6 Å². The SMILES string of the molecule is CC(C)NCC(Cc1ccccc1)Cc1ccc(Cl)s1. The molecule has 0 amide bonds. The Labute approximate surface area is 131 Å². The molecule has 3 heteroatoms. The summed E-state index contributed by atoms with van der Waals surface area (Å²) in [5, 5.41) is 3.56. The van der Waals surface area contributed by atoms with Crippen molar-refractivity contribution in [2.24, 2.45) is 5.92 Å². The van der Waals surface area contributed by atoms with Crippen LogP contribution in [0.5, 0.6) is 0 Å². The molecule has 2 aromatic rings. The van der Waals surface area contributed by atoms with Crippen LogP contribution in [0.3, 0.4) is 0 Å². The van der Waals surface area contributed by atoms with Crippen molar-refractivity contribution in [3.63, 3.8) is 0 Å². The van der Waals surface area contributed by atoms with Gasteiger partial charge in [-0.05, 0) is 43.0 Å². The molecular weight excluding hydrogens is 286 g/mol. The van der Waals surface area contributed by atoms with Crippen LogP contribution in [-0.2, 0) is 12.8 Å². The fourth-order valence-electron chi connectivity index (χ4n) is 2.31. The highest BCUT2D eigenvalue weighted by molar-refractivity contribution is 7.16. The summed E-state index contributed by atoms with van der Waals surface area (Å²) in [6.45, 7) is 5.44. The van der Waals surface area contributed by atoms with E-state index in [1.165, 1.54) is 10.4 Å². The van der Waals surface area contributed by atoms with Gasteiger partial charge in [-0.2, -0.15) is 0 Å². The van der Waals surface area contributed by atoms with Gasteiger partial charge in [-0.1, -0.05) is 55.8 Å². The Bertz CT molecular complexity index is 507. The smallest absolute Gasteiger partial charge is 0.0931 e. The first kappa shape index (κ1) is 15.6. The van der Waals surface area contributed by atoms with Gasteiger partial charge in [0.15, 0.2) is 0 Å². The summed E-state index contributed by atoms with van der Waals surface area (Å²) in [4.78, 5) is 1.38. The molecule has 1 nitrogen and oxygen atoms in total. The van der Waals surface area contributed by atoms with E-state index in [1.807, 2.05) is 6.07 Å². The maximum atomic E-state index is 6.03. The third-order valence-corrected chi connectivity index (χ3v) is 4.55. The number of benzene rings is 1. The average molecular weight is 308 g/mol. The van der Waals surface area contributed by atoms with E-state index >= 15 is 0 Å². The minimum Gasteiger partial charge on any atom is -0.314 e. The van der Waals surface area contributed by atoms with E-state index in [-0.39, 0.29) is 0 Å². The van der Waals surface area contributed by atoms with E-state index < -0.39 is 0 Å². The molecular formula is C17H22ClNS. The summed E-state index contributed by atoms with van der Waals surface area (Å²) in [7, 11) is 0. The van der Waals surface area contributed by atoms with Crippen molar-refractivity contribution in [2.75, 3.05) is 6.54 Å². The number of rotatable bonds is 7. The van der Waals surface area contributed by atoms with Crippen molar-refractivity contribution in [3.8, 4) is 0 Å². The summed E-state index contributed by atoms with van der Waals surface area (Å²) < 4.78 is 0.885. The second kappa shape index (κ2) is 7.82. The van der Waals surface area contributed by atoms with Gasteiger partial charge < -0.3 is 5.32 Å². The van der Waals surface area contributed by atoms with Crippen LogP contribution >= 0.6 is 22.9 Å². The largest absolute Gasteiger partial charge is 0.314 e. The number of thiophene rings is 1. The van der Waals surface area contributed by atoms with Crippen LogP contribution in [0.2, 0.25) is 4.34 Å². The molecule has 1 N–H and O–H groups in total. The Morgan fingerprint density at radius 3 is 2.40 bits per heavy atom. The first-order valence-corrected chi connectivity index (χ1v) is 8.34. The van der Waals surface area contributed by atoms with Crippen LogP contribution < -0.4 is 5.32 Å². The molecule has 0 aliphatic carbocycles. The van der Waals surface area contributed by atoms with E-state index in [9.17, 15) is 0 Å². The van der Waals surface area contributed by atoms with E-state index in [1.54, 1.807) is 11.3 Å². The molecule has 108 valence electrons. The normalized spacial score (nSPS) is 12.8. The number of nitrogens with one attached hydrogen (secondary N) is 1. The van der Waals surface area contributed by atoms with Gasteiger partial charge in [0.05, 0.1) is 4.34 Å². The molecule has 0 spiro atoms. The van der Waals surface area contributed by atoms with Crippen LogP contribution in [-0.4, -0.2) is 12.6 Å². The maximum absolute atomic E-state index is 6.03. The lowest BCUT2D eigenvalue weighted by Crippen LogP contribution is -2.30. The van der Waals surface area contributed by atoms with E-state index in [0.29, 0.717) is 12.0 Å².